The molecular weight excluding hydrogens is 216 g/mol. The largest absolute Gasteiger partial charge is 0.491 e. The van der Waals surface area contributed by atoms with Crippen molar-refractivity contribution in [1.82, 2.24) is 0 Å². The van der Waals surface area contributed by atoms with Gasteiger partial charge in [-0.3, -0.25) is 4.18 Å². The van der Waals surface area contributed by atoms with Crippen LogP contribution in [0.5, 0.6) is 5.75 Å². The number of rotatable bonds is 5. The molecule has 0 aliphatic carbocycles. The van der Waals surface area contributed by atoms with Crippen molar-refractivity contribution < 1.29 is 17.3 Å². The van der Waals surface area contributed by atoms with E-state index in [-0.39, 0.29) is 13.2 Å². The first-order valence-corrected chi connectivity index (χ1v) is 6.33. The smallest absolute Gasteiger partial charge is 0.264 e. The van der Waals surface area contributed by atoms with Gasteiger partial charge in [-0.05, 0) is 24.6 Å². The Morgan fingerprint density at radius 2 is 2.00 bits per heavy atom. The quantitative estimate of drug-likeness (QED) is 0.566. The summed E-state index contributed by atoms with van der Waals surface area (Å²) < 4.78 is 31.1. The van der Waals surface area contributed by atoms with Crippen LogP contribution in [-0.2, 0) is 14.3 Å². The zero-order chi connectivity index (χ0) is 11.3. The Hall–Kier alpha value is -1.07. The average Bonchev–Trinajstić information content (AvgIpc) is 2.11. The molecule has 0 saturated carbocycles. The molecule has 0 N–H and O–H groups in total. The van der Waals surface area contributed by atoms with Crippen molar-refractivity contribution in [2.75, 3.05) is 19.5 Å². The molecule has 4 nitrogen and oxygen atoms in total. The van der Waals surface area contributed by atoms with E-state index < -0.39 is 10.1 Å². The third-order valence-electron chi connectivity index (χ3n) is 1.64. The molecule has 0 spiro atoms. The maximum atomic E-state index is 10.6. The molecule has 0 amide bonds. The summed E-state index contributed by atoms with van der Waals surface area (Å²) in [6.45, 7) is 2.21. The minimum Gasteiger partial charge on any atom is -0.491 e. The van der Waals surface area contributed by atoms with Crippen LogP contribution in [0.1, 0.15) is 5.56 Å². The molecule has 0 saturated heterocycles. The van der Waals surface area contributed by atoms with Gasteiger partial charge < -0.3 is 4.74 Å². The highest BCUT2D eigenvalue weighted by Gasteiger charge is 2.01. The SMILES string of the molecule is Cc1cccc(OCCOS(C)(=O)=O)c1. The van der Waals surface area contributed by atoms with Crippen LogP contribution in [0, 0.1) is 6.92 Å². The Kier molecular flexibility index (Phi) is 4.11. The molecule has 0 unspecified atom stereocenters. The molecule has 0 atom stereocenters. The van der Waals surface area contributed by atoms with E-state index in [1.165, 1.54) is 0 Å². The summed E-state index contributed by atoms with van der Waals surface area (Å²) in [7, 11) is -3.37. The van der Waals surface area contributed by atoms with Gasteiger partial charge in [-0.2, -0.15) is 8.42 Å². The van der Waals surface area contributed by atoms with E-state index in [1.54, 1.807) is 0 Å². The molecule has 5 heteroatoms. The van der Waals surface area contributed by atoms with E-state index in [9.17, 15) is 8.42 Å². The summed E-state index contributed by atoms with van der Waals surface area (Å²) in [5.74, 6) is 0.715. The van der Waals surface area contributed by atoms with Gasteiger partial charge in [-0.1, -0.05) is 12.1 Å². The zero-order valence-electron chi connectivity index (χ0n) is 8.76. The Balaban J connectivity index is 2.32. The lowest BCUT2D eigenvalue weighted by Crippen LogP contribution is -2.11. The van der Waals surface area contributed by atoms with Crippen LogP contribution in [0.15, 0.2) is 24.3 Å². The molecule has 0 aliphatic rings. The van der Waals surface area contributed by atoms with Crippen LogP contribution in [0.25, 0.3) is 0 Å². The summed E-state index contributed by atoms with van der Waals surface area (Å²) in [5, 5.41) is 0. The highest BCUT2D eigenvalue weighted by molar-refractivity contribution is 7.85. The van der Waals surface area contributed by atoms with Crippen molar-refractivity contribution in [3.63, 3.8) is 0 Å². The second kappa shape index (κ2) is 5.14. The number of aryl methyl sites for hydroxylation is 1. The van der Waals surface area contributed by atoms with Crippen molar-refractivity contribution >= 4 is 10.1 Å². The molecule has 0 fully saturated rings. The lowest BCUT2D eigenvalue weighted by atomic mass is 10.2. The van der Waals surface area contributed by atoms with Gasteiger partial charge >= 0.3 is 0 Å². The van der Waals surface area contributed by atoms with E-state index in [0.29, 0.717) is 5.75 Å². The topological polar surface area (TPSA) is 52.6 Å². The van der Waals surface area contributed by atoms with Gasteiger partial charge in [0.15, 0.2) is 0 Å². The number of ether oxygens (including phenoxy) is 1. The first kappa shape index (κ1) is 12.0. The summed E-state index contributed by atoms with van der Waals surface area (Å²) in [4.78, 5) is 0. The summed E-state index contributed by atoms with van der Waals surface area (Å²) in [5.41, 5.74) is 1.09. The second-order valence-electron chi connectivity index (χ2n) is 3.19. The predicted molar refractivity (Wildman–Crippen MR) is 57.5 cm³/mol. The molecule has 0 heterocycles. The lowest BCUT2D eigenvalue weighted by molar-refractivity contribution is 0.222. The van der Waals surface area contributed by atoms with Crippen molar-refractivity contribution in [2.24, 2.45) is 0 Å². The van der Waals surface area contributed by atoms with Gasteiger partial charge in [0, 0.05) is 0 Å². The fourth-order valence-electron chi connectivity index (χ4n) is 1.05. The Morgan fingerprint density at radius 3 is 2.60 bits per heavy atom. The predicted octanol–water partition coefficient (Wildman–Crippen LogP) is 1.35. The van der Waals surface area contributed by atoms with Gasteiger partial charge in [-0.25, -0.2) is 0 Å². The first-order chi connectivity index (χ1) is 6.97. The van der Waals surface area contributed by atoms with E-state index in [0.717, 1.165) is 11.8 Å². The third kappa shape index (κ3) is 5.39. The molecule has 0 aromatic heterocycles. The highest BCUT2D eigenvalue weighted by atomic mass is 32.2. The van der Waals surface area contributed by atoms with Gasteiger partial charge in [0.05, 0.1) is 6.26 Å². The van der Waals surface area contributed by atoms with Crippen LogP contribution in [0.3, 0.4) is 0 Å². The molecule has 84 valence electrons. The van der Waals surface area contributed by atoms with Crippen molar-refractivity contribution in [2.45, 2.75) is 6.92 Å². The molecular formula is C10H14O4S. The number of hydrogen-bond acceptors (Lipinski definition) is 4. The fourth-order valence-corrected chi connectivity index (χ4v) is 1.42. The average molecular weight is 230 g/mol. The van der Waals surface area contributed by atoms with E-state index in [2.05, 4.69) is 4.18 Å². The van der Waals surface area contributed by atoms with Gasteiger partial charge in [0.2, 0.25) is 0 Å². The van der Waals surface area contributed by atoms with Gasteiger partial charge in [0.1, 0.15) is 19.0 Å². The van der Waals surface area contributed by atoms with E-state index in [1.807, 2.05) is 31.2 Å². The molecule has 1 rings (SSSR count). The Labute approximate surface area is 90.0 Å². The summed E-state index contributed by atoms with van der Waals surface area (Å²) >= 11 is 0. The molecule has 15 heavy (non-hydrogen) atoms. The summed E-state index contributed by atoms with van der Waals surface area (Å²) in [6.07, 6.45) is 1.01. The van der Waals surface area contributed by atoms with Crippen LogP contribution >= 0.6 is 0 Å². The van der Waals surface area contributed by atoms with Gasteiger partial charge in [-0.15, -0.1) is 0 Å². The molecule has 1 aromatic rings. The number of hydrogen-bond donors (Lipinski definition) is 0. The minimum absolute atomic E-state index is 0.0345. The maximum absolute atomic E-state index is 10.6. The fraction of sp³-hybridized carbons (Fsp3) is 0.400. The molecule has 0 aliphatic heterocycles. The first-order valence-electron chi connectivity index (χ1n) is 4.51. The third-order valence-corrected chi connectivity index (χ3v) is 2.23. The van der Waals surface area contributed by atoms with Crippen LogP contribution in [0.4, 0.5) is 0 Å². The van der Waals surface area contributed by atoms with Crippen molar-refractivity contribution in [3.05, 3.63) is 29.8 Å². The van der Waals surface area contributed by atoms with Crippen molar-refractivity contribution in [3.8, 4) is 5.75 Å². The van der Waals surface area contributed by atoms with Crippen LogP contribution in [-0.4, -0.2) is 27.9 Å². The van der Waals surface area contributed by atoms with Crippen LogP contribution in [0.2, 0.25) is 0 Å². The molecule has 1 aromatic carbocycles. The monoisotopic (exact) mass is 230 g/mol. The van der Waals surface area contributed by atoms with E-state index >= 15 is 0 Å². The normalized spacial score (nSPS) is 11.3. The maximum Gasteiger partial charge on any atom is 0.264 e. The lowest BCUT2D eigenvalue weighted by Gasteiger charge is -2.06. The standard InChI is InChI=1S/C10H14O4S/c1-9-4-3-5-10(8-9)13-6-7-14-15(2,11)12/h3-5,8H,6-7H2,1-2H3. The van der Waals surface area contributed by atoms with E-state index in [4.69, 9.17) is 4.74 Å². The minimum atomic E-state index is -3.37. The Bertz CT molecular complexity index is 411. The molecule has 0 bridgehead atoms. The van der Waals surface area contributed by atoms with Gasteiger partial charge in [0.25, 0.3) is 10.1 Å². The second-order valence-corrected chi connectivity index (χ2v) is 4.84. The highest BCUT2D eigenvalue weighted by Crippen LogP contribution is 2.11. The van der Waals surface area contributed by atoms with Crippen molar-refractivity contribution in [1.29, 1.82) is 0 Å². The Morgan fingerprint density at radius 1 is 1.27 bits per heavy atom. The molecule has 0 radical (unpaired) electrons. The zero-order valence-corrected chi connectivity index (χ0v) is 9.58. The summed E-state index contributed by atoms with van der Waals surface area (Å²) in [6, 6.07) is 7.52. The number of benzene rings is 1. The van der Waals surface area contributed by atoms with Crippen LogP contribution < -0.4 is 4.74 Å².